The molecule has 0 aromatic rings. The highest BCUT2D eigenvalue weighted by Crippen LogP contribution is 2.15. The molecule has 1 atom stereocenters. The van der Waals surface area contributed by atoms with Gasteiger partial charge in [-0.15, -0.1) is 0 Å². The van der Waals surface area contributed by atoms with E-state index in [4.69, 9.17) is 14.2 Å². The minimum Gasteiger partial charge on any atom is -0.462 e. The van der Waals surface area contributed by atoms with Crippen molar-refractivity contribution in [2.75, 3.05) is 13.2 Å². The molecule has 6 heteroatoms. The minimum atomic E-state index is -0.776. The second kappa shape index (κ2) is 47.6. The van der Waals surface area contributed by atoms with Crippen LogP contribution in [-0.4, -0.2) is 37.2 Å². The van der Waals surface area contributed by atoms with Crippen LogP contribution in [0.1, 0.15) is 271 Å². The second-order valence-corrected chi connectivity index (χ2v) is 17.1. The number of esters is 3. The summed E-state index contributed by atoms with van der Waals surface area (Å²) in [7, 11) is 0. The van der Waals surface area contributed by atoms with Gasteiger partial charge in [0.05, 0.1) is 0 Å². The lowest BCUT2D eigenvalue weighted by molar-refractivity contribution is -0.167. The molecule has 0 saturated heterocycles. The van der Waals surface area contributed by atoms with E-state index in [1.54, 1.807) is 0 Å². The average Bonchev–Trinajstić information content (AvgIpc) is 3.22. The maximum absolute atomic E-state index is 12.7. The predicted octanol–water partition coefficient (Wildman–Crippen LogP) is 16.4. The van der Waals surface area contributed by atoms with Crippen LogP contribution in [0, 0.1) is 0 Å². The first-order valence-electron chi connectivity index (χ1n) is 25.3. The molecule has 0 aliphatic rings. The zero-order valence-electron chi connectivity index (χ0n) is 38.8. The molecule has 0 aromatic carbocycles. The first-order valence-corrected chi connectivity index (χ1v) is 25.3. The predicted molar refractivity (Wildman–Crippen MR) is 247 cm³/mol. The molecule has 0 amide bonds. The molecule has 0 aliphatic carbocycles. The number of rotatable bonds is 46. The maximum Gasteiger partial charge on any atom is 0.306 e. The van der Waals surface area contributed by atoms with Crippen LogP contribution in [0.5, 0.6) is 0 Å². The van der Waals surface area contributed by atoms with Crippen LogP contribution in [-0.2, 0) is 28.6 Å². The lowest BCUT2D eigenvalue weighted by Crippen LogP contribution is -2.30. The van der Waals surface area contributed by atoms with E-state index in [0.717, 1.165) is 77.0 Å². The van der Waals surface area contributed by atoms with Gasteiger partial charge in [-0.3, -0.25) is 14.4 Å². The fourth-order valence-electron chi connectivity index (χ4n) is 7.31. The molecule has 58 heavy (non-hydrogen) atoms. The Balaban J connectivity index is 4.36. The topological polar surface area (TPSA) is 78.9 Å². The number of hydrogen-bond acceptors (Lipinski definition) is 6. The van der Waals surface area contributed by atoms with Crippen molar-refractivity contribution < 1.29 is 28.6 Å². The van der Waals surface area contributed by atoms with Gasteiger partial charge in [0, 0.05) is 19.3 Å². The van der Waals surface area contributed by atoms with Crippen molar-refractivity contribution in [3.63, 3.8) is 0 Å². The molecule has 0 rings (SSSR count). The van der Waals surface area contributed by atoms with Crippen LogP contribution < -0.4 is 0 Å². The highest BCUT2D eigenvalue weighted by Gasteiger charge is 2.19. The van der Waals surface area contributed by atoms with E-state index in [9.17, 15) is 14.4 Å². The quantitative estimate of drug-likeness (QED) is 0.0263. The Morgan fingerprint density at radius 1 is 0.328 bits per heavy atom. The number of carbonyl (C=O) groups excluding carboxylic acids is 3. The van der Waals surface area contributed by atoms with Crippen LogP contribution in [0.15, 0.2) is 24.3 Å². The van der Waals surface area contributed by atoms with Crippen molar-refractivity contribution in [1.82, 2.24) is 0 Å². The van der Waals surface area contributed by atoms with Gasteiger partial charge in [0.2, 0.25) is 0 Å². The second-order valence-electron chi connectivity index (χ2n) is 17.1. The zero-order valence-corrected chi connectivity index (χ0v) is 38.8. The van der Waals surface area contributed by atoms with Gasteiger partial charge in [0.25, 0.3) is 0 Å². The fraction of sp³-hybridized carbons (Fsp3) is 0.865. The van der Waals surface area contributed by atoms with Crippen molar-refractivity contribution in [2.45, 2.75) is 277 Å². The fourth-order valence-corrected chi connectivity index (χ4v) is 7.31. The van der Waals surface area contributed by atoms with Crippen molar-refractivity contribution in [3.05, 3.63) is 24.3 Å². The molecule has 0 spiro atoms. The van der Waals surface area contributed by atoms with E-state index >= 15 is 0 Å². The third-order valence-electron chi connectivity index (χ3n) is 11.2. The van der Waals surface area contributed by atoms with E-state index in [1.165, 1.54) is 154 Å². The lowest BCUT2D eigenvalue weighted by atomic mass is 10.1. The average molecular weight is 817 g/mol. The molecule has 0 N–H and O–H groups in total. The van der Waals surface area contributed by atoms with Crippen molar-refractivity contribution in [1.29, 1.82) is 0 Å². The molecular formula is C52H96O6. The molecular weight excluding hydrogens is 721 g/mol. The van der Waals surface area contributed by atoms with Crippen molar-refractivity contribution >= 4 is 17.9 Å². The largest absolute Gasteiger partial charge is 0.462 e. The lowest BCUT2D eigenvalue weighted by Gasteiger charge is -2.18. The summed E-state index contributed by atoms with van der Waals surface area (Å²) >= 11 is 0. The third-order valence-corrected chi connectivity index (χ3v) is 11.2. The van der Waals surface area contributed by atoms with Gasteiger partial charge in [-0.05, 0) is 70.6 Å². The molecule has 0 bridgehead atoms. The van der Waals surface area contributed by atoms with Gasteiger partial charge in [-0.1, -0.05) is 206 Å². The van der Waals surface area contributed by atoms with Gasteiger partial charge < -0.3 is 14.2 Å². The van der Waals surface area contributed by atoms with E-state index in [1.807, 2.05) is 0 Å². The Morgan fingerprint density at radius 2 is 0.569 bits per heavy atom. The molecule has 0 aliphatic heterocycles. The summed E-state index contributed by atoms with van der Waals surface area (Å²) in [6, 6.07) is 0. The van der Waals surface area contributed by atoms with Crippen molar-refractivity contribution in [3.8, 4) is 0 Å². The molecule has 0 saturated carbocycles. The van der Waals surface area contributed by atoms with Gasteiger partial charge in [-0.25, -0.2) is 0 Å². The van der Waals surface area contributed by atoms with Gasteiger partial charge in [-0.2, -0.15) is 0 Å². The van der Waals surface area contributed by atoms with E-state index in [-0.39, 0.29) is 31.1 Å². The molecule has 340 valence electrons. The summed E-state index contributed by atoms with van der Waals surface area (Å²) in [4.78, 5) is 37.9. The van der Waals surface area contributed by atoms with Crippen LogP contribution in [0.25, 0.3) is 0 Å². The summed E-state index contributed by atoms with van der Waals surface area (Å²) in [5.74, 6) is -0.892. The van der Waals surface area contributed by atoms with Crippen LogP contribution in [0.3, 0.4) is 0 Å². The smallest absolute Gasteiger partial charge is 0.306 e. The number of carbonyl (C=O) groups is 3. The molecule has 0 fully saturated rings. The monoisotopic (exact) mass is 817 g/mol. The van der Waals surface area contributed by atoms with E-state index in [0.29, 0.717) is 19.3 Å². The van der Waals surface area contributed by atoms with Crippen molar-refractivity contribution in [2.24, 2.45) is 0 Å². The van der Waals surface area contributed by atoms with E-state index in [2.05, 4.69) is 45.1 Å². The minimum absolute atomic E-state index is 0.0766. The molecule has 0 aromatic heterocycles. The van der Waals surface area contributed by atoms with E-state index < -0.39 is 6.10 Å². The number of ether oxygens (including phenoxy) is 3. The summed E-state index contributed by atoms with van der Waals surface area (Å²) in [5.41, 5.74) is 0. The first-order chi connectivity index (χ1) is 28.5. The number of hydrogen-bond donors (Lipinski definition) is 0. The zero-order chi connectivity index (χ0) is 42.3. The Morgan fingerprint density at radius 3 is 0.879 bits per heavy atom. The van der Waals surface area contributed by atoms with Crippen LogP contribution in [0.2, 0.25) is 0 Å². The summed E-state index contributed by atoms with van der Waals surface area (Å²) < 4.78 is 16.7. The highest BCUT2D eigenvalue weighted by molar-refractivity contribution is 5.71. The Labute approximate surface area is 360 Å². The first kappa shape index (κ1) is 55.9. The third kappa shape index (κ3) is 45.0. The maximum atomic E-state index is 12.7. The summed E-state index contributed by atoms with van der Waals surface area (Å²) in [5, 5.41) is 0. The SMILES string of the molecule is CCCCCCCC/C=C\CCCCCC(=O)OC(COC(=O)CCCCCCC/C=C\CCCCCCCCC)COC(=O)CCCCCCCCCCCCC. The Kier molecular flexibility index (Phi) is 45.8. The molecule has 0 heterocycles. The van der Waals surface area contributed by atoms with Crippen LogP contribution in [0.4, 0.5) is 0 Å². The molecule has 1 unspecified atom stereocenters. The van der Waals surface area contributed by atoms with Crippen LogP contribution >= 0.6 is 0 Å². The molecule has 6 nitrogen and oxygen atoms in total. The highest BCUT2D eigenvalue weighted by atomic mass is 16.6. The Bertz CT molecular complexity index is 942. The Hall–Kier alpha value is -2.11. The van der Waals surface area contributed by atoms with Gasteiger partial charge in [0.1, 0.15) is 13.2 Å². The summed E-state index contributed by atoms with van der Waals surface area (Å²) in [6.07, 6.45) is 53.0. The van der Waals surface area contributed by atoms with Gasteiger partial charge >= 0.3 is 17.9 Å². The normalized spacial score (nSPS) is 12.1. The number of unbranched alkanes of at least 4 members (excludes halogenated alkanes) is 31. The number of allylic oxidation sites excluding steroid dienone is 4. The standard InChI is InChI=1S/C52H96O6/c1-4-7-10-13-16-19-22-24-25-26-28-30-33-36-39-42-45-51(54)57-48-49(47-56-50(53)44-41-38-35-32-29-21-18-15-12-9-6-3)58-52(55)46-43-40-37-34-31-27-23-20-17-14-11-8-5-2/h25-27,31,49H,4-24,28-30,32-48H2,1-3H3/b26-25-,31-27-. The molecule has 0 radical (unpaired) electrons. The van der Waals surface area contributed by atoms with Gasteiger partial charge in [0.15, 0.2) is 6.10 Å². The summed E-state index contributed by atoms with van der Waals surface area (Å²) in [6.45, 7) is 6.62.